The number of nitrogens with one attached hydrogen (secondary N) is 1. The van der Waals surface area contributed by atoms with E-state index in [0.29, 0.717) is 12.4 Å². The maximum absolute atomic E-state index is 13.2. The number of fused-ring (bicyclic) bond motifs is 1. The van der Waals surface area contributed by atoms with E-state index in [9.17, 15) is 8.78 Å². The van der Waals surface area contributed by atoms with Gasteiger partial charge in [0.05, 0.1) is 12.1 Å². The van der Waals surface area contributed by atoms with Crippen molar-refractivity contribution in [3.8, 4) is 0 Å². The molecule has 0 amide bonds. The summed E-state index contributed by atoms with van der Waals surface area (Å²) in [5, 5.41) is 7.52. The minimum Gasteiger partial charge on any atom is -0.366 e. The van der Waals surface area contributed by atoms with Gasteiger partial charge in [-0.1, -0.05) is 24.3 Å². The van der Waals surface area contributed by atoms with Crippen LogP contribution in [-0.4, -0.2) is 14.8 Å². The van der Waals surface area contributed by atoms with Gasteiger partial charge in [0.25, 0.3) is 0 Å². The van der Waals surface area contributed by atoms with Crippen molar-refractivity contribution in [3.05, 3.63) is 71.3 Å². The SMILES string of the molecule is Cl.Nc1nc2n(n1)C(c1ccc(F)cc1)CC(c1ccc(F)cc1)N2. The second kappa shape index (κ2) is 6.68. The Labute approximate surface area is 149 Å². The van der Waals surface area contributed by atoms with E-state index < -0.39 is 0 Å². The molecule has 0 spiro atoms. The molecule has 3 aromatic rings. The van der Waals surface area contributed by atoms with Crippen molar-refractivity contribution in [1.82, 2.24) is 14.8 Å². The van der Waals surface area contributed by atoms with E-state index in [1.807, 2.05) is 0 Å². The van der Waals surface area contributed by atoms with Gasteiger partial charge < -0.3 is 11.1 Å². The number of nitrogens with zero attached hydrogens (tertiary/aromatic N) is 3. The number of rotatable bonds is 2. The van der Waals surface area contributed by atoms with E-state index in [1.54, 1.807) is 28.9 Å². The Morgan fingerprint density at radius 3 is 2.12 bits per heavy atom. The van der Waals surface area contributed by atoms with E-state index in [0.717, 1.165) is 11.1 Å². The molecule has 2 heterocycles. The topological polar surface area (TPSA) is 68.8 Å². The van der Waals surface area contributed by atoms with Crippen LogP contribution in [0.15, 0.2) is 48.5 Å². The van der Waals surface area contributed by atoms with E-state index >= 15 is 0 Å². The molecule has 3 N–H and O–H groups in total. The summed E-state index contributed by atoms with van der Waals surface area (Å²) in [7, 11) is 0. The molecule has 2 unspecified atom stereocenters. The van der Waals surface area contributed by atoms with E-state index in [1.165, 1.54) is 24.3 Å². The van der Waals surface area contributed by atoms with Crippen LogP contribution in [0, 0.1) is 11.6 Å². The lowest BCUT2D eigenvalue weighted by atomic mass is 9.93. The second-order valence-corrected chi connectivity index (χ2v) is 5.79. The molecule has 0 fully saturated rings. The van der Waals surface area contributed by atoms with Gasteiger partial charge in [0.1, 0.15) is 11.6 Å². The van der Waals surface area contributed by atoms with Crippen LogP contribution in [-0.2, 0) is 0 Å². The summed E-state index contributed by atoms with van der Waals surface area (Å²) >= 11 is 0. The highest BCUT2D eigenvalue weighted by molar-refractivity contribution is 5.85. The van der Waals surface area contributed by atoms with Gasteiger partial charge in [-0.3, -0.25) is 0 Å². The Balaban J connectivity index is 0.00000182. The highest BCUT2D eigenvalue weighted by Gasteiger charge is 2.30. The Bertz CT molecular complexity index is 864. The third-order valence-electron chi connectivity index (χ3n) is 4.23. The van der Waals surface area contributed by atoms with Crippen LogP contribution >= 0.6 is 12.4 Å². The summed E-state index contributed by atoms with van der Waals surface area (Å²) in [4.78, 5) is 4.21. The molecule has 0 bridgehead atoms. The van der Waals surface area contributed by atoms with Crippen molar-refractivity contribution < 1.29 is 8.78 Å². The summed E-state index contributed by atoms with van der Waals surface area (Å²) in [6.07, 6.45) is 0.660. The Morgan fingerprint density at radius 1 is 0.960 bits per heavy atom. The van der Waals surface area contributed by atoms with Crippen molar-refractivity contribution in [2.24, 2.45) is 0 Å². The predicted octanol–water partition coefficient (Wildman–Crippen LogP) is 3.71. The van der Waals surface area contributed by atoms with Crippen LogP contribution in [0.3, 0.4) is 0 Å². The Kier molecular flexibility index (Phi) is 4.59. The number of hydrogen-bond donors (Lipinski definition) is 2. The molecule has 25 heavy (non-hydrogen) atoms. The zero-order valence-corrected chi connectivity index (χ0v) is 13.9. The second-order valence-electron chi connectivity index (χ2n) is 5.79. The maximum atomic E-state index is 13.2. The summed E-state index contributed by atoms with van der Waals surface area (Å²) in [5.74, 6) is 0.143. The molecular weight excluding hydrogens is 348 g/mol. The third-order valence-corrected chi connectivity index (χ3v) is 4.23. The first kappa shape index (κ1) is 17.2. The Morgan fingerprint density at radius 2 is 1.52 bits per heavy atom. The lowest BCUT2D eigenvalue weighted by Gasteiger charge is -2.31. The molecule has 5 nitrogen and oxygen atoms in total. The fourth-order valence-electron chi connectivity index (χ4n) is 3.07. The van der Waals surface area contributed by atoms with Gasteiger partial charge in [0.15, 0.2) is 0 Å². The molecule has 1 aliphatic heterocycles. The van der Waals surface area contributed by atoms with Crippen molar-refractivity contribution in [2.75, 3.05) is 11.1 Å². The standard InChI is InChI=1S/C17H15F2N5.ClH/c18-12-5-1-10(2-6-12)14-9-15(11-3-7-13(19)8-4-11)24-17(21-14)22-16(20)23-24;/h1-8,14-15H,9H2,(H3,20,21,22,23);1H. The summed E-state index contributed by atoms with van der Waals surface area (Å²) < 4.78 is 28.1. The molecular formula is C17H16ClF2N5. The van der Waals surface area contributed by atoms with Crippen LogP contribution in [0.1, 0.15) is 29.6 Å². The average molecular weight is 364 g/mol. The first-order valence-corrected chi connectivity index (χ1v) is 7.59. The van der Waals surface area contributed by atoms with Gasteiger partial charge in [-0.2, -0.15) is 4.98 Å². The number of aromatic nitrogens is 3. The van der Waals surface area contributed by atoms with Gasteiger partial charge in [-0.25, -0.2) is 13.5 Å². The molecule has 1 aromatic heterocycles. The Hall–Kier alpha value is -2.67. The van der Waals surface area contributed by atoms with Crippen LogP contribution < -0.4 is 11.1 Å². The largest absolute Gasteiger partial charge is 0.366 e. The van der Waals surface area contributed by atoms with Gasteiger partial charge in [0.2, 0.25) is 11.9 Å². The highest BCUT2D eigenvalue weighted by Crippen LogP contribution is 2.37. The number of benzene rings is 2. The molecule has 2 aromatic carbocycles. The quantitative estimate of drug-likeness (QED) is 0.728. The monoisotopic (exact) mass is 363 g/mol. The van der Waals surface area contributed by atoms with Crippen molar-refractivity contribution >= 4 is 24.3 Å². The molecule has 0 aliphatic carbocycles. The van der Waals surface area contributed by atoms with Crippen LogP contribution in [0.5, 0.6) is 0 Å². The molecule has 0 saturated carbocycles. The zero-order chi connectivity index (χ0) is 16.7. The van der Waals surface area contributed by atoms with Gasteiger partial charge in [0, 0.05) is 0 Å². The van der Waals surface area contributed by atoms with E-state index in [4.69, 9.17) is 5.73 Å². The van der Waals surface area contributed by atoms with Gasteiger partial charge in [-0.15, -0.1) is 17.5 Å². The fraction of sp³-hybridized carbons (Fsp3) is 0.176. The van der Waals surface area contributed by atoms with Gasteiger partial charge >= 0.3 is 0 Å². The number of nitrogen functional groups attached to an aromatic ring is 1. The third kappa shape index (κ3) is 3.28. The molecule has 4 rings (SSSR count). The maximum Gasteiger partial charge on any atom is 0.241 e. The zero-order valence-electron chi connectivity index (χ0n) is 13.1. The number of nitrogens with two attached hydrogens (primary N) is 1. The first-order valence-electron chi connectivity index (χ1n) is 7.59. The predicted molar refractivity (Wildman–Crippen MR) is 93.6 cm³/mol. The lowest BCUT2D eigenvalue weighted by molar-refractivity contribution is 0.431. The first-order chi connectivity index (χ1) is 11.6. The lowest BCUT2D eigenvalue weighted by Crippen LogP contribution is -2.28. The summed E-state index contributed by atoms with van der Waals surface area (Å²) in [5.41, 5.74) is 7.59. The average Bonchev–Trinajstić information content (AvgIpc) is 2.95. The fourth-order valence-corrected chi connectivity index (χ4v) is 3.07. The molecule has 0 radical (unpaired) electrons. The number of anilines is 2. The summed E-state index contributed by atoms with van der Waals surface area (Å²) in [6.45, 7) is 0. The molecule has 0 saturated heterocycles. The number of halogens is 3. The van der Waals surface area contributed by atoms with Crippen LogP contribution in [0.2, 0.25) is 0 Å². The van der Waals surface area contributed by atoms with Crippen LogP contribution in [0.4, 0.5) is 20.7 Å². The molecule has 2 atom stereocenters. The highest BCUT2D eigenvalue weighted by atomic mass is 35.5. The smallest absolute Gasteiger partial charge is 0.241 e. The van der Waals surface area contributed by atoms with Crippen molar-refractivity contribution in [3.63, 3.8) is 0 Å². The molecule has 1 aliphatic rings. The van der Waals surface area contributed by atoms with Crippen molar-refractivity contribution in [1.29, 1.82) is 0 Å². The summed E-state index contributed by atoms with van der Waals surface area (Å²) in [6, 6.07) is 12.4. The minimum atomic E-state index is -0.291. The number of hydrogen-bond acceptors (Lipinski definition) is 4. The van der Waals surface area contributed by atoms with E-state index in [-0.39, 0.29) is 42.1 Å². The van der Waals surface area contributed by atoms with Crippen LogP contribution in [0.25, 0.3) is 0 Å². The van der Waals surface area contributed by atoms with Crippen molar-refractivity contribution in [2.45, 2.75) is 18.5 Å². The molecule has 130 valence electrons. The minimum absolute atomic E-state index is 0. The van der Waals surface area contributed by atoms with E-state index in [2.05, 4.69) is 15.4 Å². The van der Waals surface area contributed by atoms with Gasteiger partial charge in [-0.05, 0) is 41.8 Å². The molecule has 8 heteroatoms. The normalized spacial score (nSPS) is 18.8.